The van der Waals surface area contributed by atoms with Crippen molar-refractivity contribution in [2.24, 2.45) is 0 Å². The van der Waals surface area contributed by atoms with Crippen LogP contribution in [0.15, 0.2) is 79.5 Å². The number of amides is 3. The van der Waals surface area contributed by atoms with Crippen LogP contribution in [0.25, 0.3) is 0 Å². The Labute approximate surface area is 235 Å². The molecule has 1 aliphatic rings. The molecule has 0 radical (unpaired) electrons. The maximum atomic E-state index is 14.0. The molecule has 0 saturated carbocycles. The molecule has 4 aromatic rings. The fraction of sp³-hybridized carbons (Fsp3) is 0.185. The molecule has 2 aromatic carbocycles. The quantitative estimate of drug-likeness (QED) is 0.173. The third-order valence-electron chi connectivity index (χ3n) is 5.76. The van der Waals surface area contributed by atoms with Crippen molar-refractivity contribution in [3.8, 4) is 17.2 Å². The highest BCUT2D eigenvalue weighted by Gasteiger charge is 2.54. The number of benzene rings is 2. The molecule has 3 heterocycles. The van der Waals surface area contributed by atoms with Gasteiger partial charge in [0, 0.05) is 55.2 Å². The van der Waals surface area contributed by atoms with Gasteiger partial charge in [0.15, 0.2) is 0 Å². The van der Waals surface area contributed by atoms with E-state index in [1.165, 1.54) is 18.3 Å². The number of aryl methyl sites for hydroxylation is 1. The zero-order chi connectivity index (χ0) is 29.7. The minimum Gasteiger partial charge on any atom is -0.457 e. The van der Waals surface area contributed by atoms with Crippen molar-refractivity contribution >= 4 is 23.3 Å². The fourth-order valence-corrected chi connectivity index (χ4v) is 3.92. The van der Waals surface area contributed by atoms with E-state index < -0.39 is 29.7 Å². The van der Waals surface area contributed by atoms with E-state index in [-0.39, 0.29) is 23.0 Å². The number of urea groups is 1. The maximum absolute atomic E-state index is 14.0. The zero-order valence-corrected chi connectivity index (χ0v) is 21.5. The summed E-state index contributed by atoms with van der Waals surface area (Å²) in [5.41, 5.74) is -0.662. The lowest BCUT2D eigenvalue weighted by molar-refractivity contribution is -0.461. The van der Waals surface area contributed by atoms with Crippen LogP contribution in [0, 0.1) is 0 Å². The highest BCUT2D eigenvalue weighted by molar-refractivity contribution is 6.00. The summed E-state index contributed by atoms with van der Waals surface area (Å²) in [6.45, 7) is 1.14. The van der Waals surface area contributed by atoms with E-state index in [0.29, 0.717) is 31.0 Å². The number of hydrogen-bond donors (Lipinski definition) is 3. The highest BCUT2D eigenvalue weighted by atomic mass is 19.3. The SMILES string of the molecule is O=C(Nc1cccc(Oc2ccnc(C(=O)NCCCn3ccnc3)c2)c1)Nc1ccc2c(c1)C(F)(F)OC(F)(F)O2. The second-order valence-electron chi connectivity index (χ2n) is 8.89. The number of ether oxygens (including phenoxy) is 3. The van der Waals surface area contributed by atoms with Crippen LogP contribution in [0.1, 0.15) is 22.5 Å². The van der Waals surface area contributed by atoms with Gasteiger partial charge in [-0.2, -0.15) is 8.78 Å². The zero-order valence-electron chi connectivity index (χ0n) is 21.5. The van der Waals surface area contributed by atoms with Gasteiger partial charge in [-0.3, -0.25) is 9.78 Å². The number of halogens is 4. The summed E-state index contributed by atoms with van der Waals surface area (Å²) in [4.78, 5) is 33.0. The van der Waals surface area contributed by atoms with Crippen LogP contribution in [0.5, 0.6) is 17.2 Å². The summed E-state index contributed by atoms with van der Waals surface area (Å²) in [6.07, 6.45) is -1.51. The summed E-state index contributed by atoms with van der Waals surface area (Å²) in [7, 11) is 0. The molecule has 5 rings (SSSR count). The number of nitrogens with one attached hydrogen (secondary N) is 3. The lowest BCUT2D eigenvalue weighted by Crippen LogP contribution is -2.41. The van der Waals surface area contributed by atoms with Crippen LogP contribution in [0.2, 0.25) is 0 Å². The second-order valence-corrected chi connectivity index (χ2v) is 8.89. The van der Waals surface area contributed by atoms with E-state index in [9.17, 15) is 27.2 Å². The van der Waals surface area contributed by atoms with Crippen molar-refractivity contribution in [1.82, 2.24) is 19.9 Å². The van der Waals surface area contributed by atoms with Gasteiger partial charge in [-0.1, -0.05) is 6.07 Å². The molecule has 218 valence electrons. The van der Waals surface area contributed by atoms with E-state index >= 15 is 0 Å². The summed E-state index contributed by atoms with van der Waals surface area (Å²) in [5.74, 6) is -0.520. The van der Waals surface area contributed by atoms with Gasteiger partial charge >= 0.3 is 18.4 Å². The van der Waals surface area contributed by atoms with Crippen molar-refractivity contribution in [1.29, 1.82) is 0 Å². The van der Waals surface area contributed by atoms with Crippen LogP contribution >= 0.6 is 0 Å². The van der Waals surface area contributed by atoms with Gasteiger partial charge in [0.25, 0.3) is 5.91 Å². The predicted molar refractivity (Wildman–Crippen MR) is 140 cm³/mol. The first-order chi connectivity index (χ1) is 20.1. The minimum atomic E-state index is -4.50. The van der Waals surface area contributed by atoms with Crippen LogP contribution in [-0.4, -0.2) is 39.3 Å². The van der Waals surface area contributed by atoms with E-state index in [4.69, 9.17) is 4.74 Å². The molecule has 2 aromatic heterocycles. The Morgan fingerprint density at radius 1 is 0.952 bits per heavy atom. The van der Waals surface area contributed by atoms with Crippen LogP contribution in [0.3, 0.4) is 0 Å². The Balaban J connectivity index is 1.16. The van der Waals surface area contributed by atoms with Gasteiger partial charge in [-0.15, -0.1) is 8.78 Å². The van der Waals surface area contributed by atoms with Crippen LogP contribution in [0.4, 0.5) is 33.7 Å². The number of carbonyl (C=O) groups excluding carboxylic acids is 2. The molecule has 0 atom stereocenters. The van der Waals surface area contributed by atoms with Gasteiger partial charge < -0.3 is 30.0 Å². The third kappa shape index (κ3) is 7.11. The largest absolute Gasteiger partial charge is 0.540 e. The van der Waals surface area contributed by atoms with Gasteiger partial charge in [-0.25, -0.2) is 14.5 Å². The Morgan fingerprint density at radius 2 is 1.74 bits per heavy atom. The normalized spacial score (nSPS) is 14.7. The Kier molecular flexibility index (Phi) is 7.93. The van der Waals surface area contributed by atoms with Gasteiger partial charge in [0.05, 0.1) is 11.9 Å². The average molecular weight is 587 g/mol. The van der Waals surface area contributed by atoms with Gasteiger partial charge in [0.2, 0.25) is 0 Å². The molecule has 0 aliphatic carbocycles. The van der Waals surface area contributed by atoms with Crippen molar-refractivity contribution in [2.45, 2.75) is 25.4 Å². The first-order valence-corrected chi connectivity index (χ1v) is 12.4. The van der Waals surface area contributed by atoms with E-state index in [0.717, 1.165) is 18.2 Å². The molecule has 1 aliphatic heterocycles. The summed E-state index contributed by atoms with van der Waals surface area (Å²) in [6, 6.07) is 11.2. The summed E-state index contributed by atoms with van der Waals surface area (Å²) in [5, 5.41) is 7.65. The monoisotopic (exact) mass is 586 g/mol. The molecule has 0 bridgehead atoms. The Bertz CT molecular complexity index is 1580. The maximum Gasteiger partial charge on any atom is 0.540 e. The number of carbonyl (C=O) groups is 2. The Morgan fingerprint density at radius 3 is 2.52 bits per heavy atom. The number of aromatic nitrogens is 3. The number of alkyl halides is 4. The first-order valence-electron chi connectivity index (χ1n) is 12.4. The molecule has 0 saturated heterocycles. The number of hydrogen-bond acceptors (Lipinski definition) is 7. The molecule has 3 amide bonds. The smallest absolute Gasteiger partial charge is 0.457 e. The predicted octanol–water partition coefficient (Wildman–Crippen LogP) is 5.54. The number of rotatable bonds is 9. The first kappa shape index (κ1) is 28.4. The molecule has 0 unspecified atom stereocenters. The highest BCUT2D eigenvalue weighted by Crippen LogP contribution is 2.46. The lowest BCUT2D eigenvalue weighted by atomic mass is 10.1. The molecule has 0 spiro atoms. The average Bonchev–Trinajstić information content (AvgIpc) is 3.44. The molecule has 15 heteroatoms. The van der Waals surface area contributed by atoms with Gasteiger partial charge in [0.1, 0.15) is 22.9 Å². The standard InChI is InChI=1S/C27H22F4N6O5/c28-26(29)21-14-18(5-6-23(21)41-27(30,31)42-26)36-25(39)35-17-3-1-4-19(13-17)40-20-7-9-33-22(15-20)24(38)34-8-2-11-37-12-10-32-16-37/h1,3-7,9-10,12-16H,2,8,11H2,(H,34,38)(H2,35,36,39). The topological polar surface area (TPSA) is 129 Å². The Hall–Kier alpha value is -5.18. The van der Waals surface area contributed by atoms with Gasteiger partial charge in [-0.05, 0) is 42.8 Å². The number of anilines is 2. The molecule has 11 nitrogen and oxygen atoms in total. The molecular formula is C27H22F4N6O5. The van der Waals surface area contributed by atoms with Crippen LogP contribution in [-0.2, 0) is 17.4 Å². The van der Waals surface area contributed by atoms with E-state index in [1.807, 2.05) is 10.8 Å². The number of imidazole rings is 1. The number of pyridine rings is 1. The third-order valence-corrected chi connectivity index (χ3v) is 5.76. The number of fused-ring (bicyclic) bond motifs is 1. The van der Waals surface area contributed by atoms with Crippen LogP contribution < -0.4 is 25.4 Å². The summed E-state index contributed by atoms with van der Waals surface area (Å²) < 4.78 is 69.7. The van der Waals surface area contributed by atoms with E-state index in [1.54, 1.807) is 36.8 Å². The minimum absolute atomic E-state index is 0.125. The van der Waals surface area contributed by atoms with Crippen molar-refractivity contribution in [3.05, 3.63) is 90.8 Å². The van der Waals surface area contributed by atoms with E-state index in [2.05, 4.69) is 35.4 Å². The second kappa shape index (κ2) is 11.7. The molecule has 0 fully saturated rings. The van der Waals surface area contributed by atoms with Crippen molar-refractivity contribution in [3.63, 3.8) is 0 Å². The van der Waals surface area contributed by atoms with Crippen molar-refractivity contribution in [2.75, 3.05) is 17.2 Å². The number of nitrogens with zero attached hydrogens (tertiary/aromatic N) is 3. The van der Waals surface area contributed by atoms with Crippen molar-refractivity contribution < 1.29 is 41.4 Å². The molecule has 3 N–H and O–H groups in total. The molecular weight excluding hydrogens is 564 g/mol. The fourth-order valence-electron chi connectivity index (χ4n) is 3.92. The molecule has 42 heavy (non-hydrogen) atoms. The summed E-state index contributed by atoms with van der Waals surface area (Å²) >= 11 is 0. The lowest BCUT2D eigenvalue weighted by Gasteiger charge is -2.30.